The zero-order valence-corrected chi connectivity index (χ0v) is 6.61. The lowest BCUT2D eigenvalue weighted by Crippen LogP contribution is -1.58. The fraction of sp³-hybridized carbons (Fsp3) is 0. The molecule has 11 heavy (non-hydrogen) atoms. The minimum atomic E-state index is 1.49. The lowest BCUT2D eigenvalue weighted by molar-refractivity contribution is 1.09. The second-order valence-electron chi connectivity index (χ2n) is 1.60. The van der Waals surface area contributed by atoms with Crippen LogP contribution in [0.3, 0.4) is 0 Å². The highest BCUT2D eigenvalue weighted by Crippen LogP contribution is 1.80. The van der Waals surface area contributed by atoms with Gasteiger partial charge in [-0.1, -0.05) is 6.07 Å². The van der Waals surface area contributed by atoms with Crippen molar-refractivity contribution >= 4 is 11.3 Å². The second kappa shape index (κ2) is 5.49. The quantitative estimate of drug-likeness (QED) is 0.595. The molecule has 0 saturated carbocycles. The van der Waals surface area contributed by atoms with E-state index in [0.717, 1.165) is 0 Å². The zero-order valence-electron chi connectivity index (χ0n) is 5.79. The van der Waals surface area contributed by atoms with Crippen LogP contribution in [0.25, 0.3) is 0 Å². The summed E-state index contributed by atoms with van der Waals surface area (Å²) in [4.78, 5) is 3.78. The maximum atomic E-state index is 3.78. The molecule has 0 unspecified atom stereocenters. The van der Waals surface area contributed by atoms with Gasteiger partial charge in [0.1, 0.15) is 11.0 Å². The Balaban J connectivity index is 0.000000112. The van der Waals surface area contributed by atoms with Gasteiger partial charge in [0, 0.05) is 12.4 Å². The van der Waals surface area contributed by atoms with Gasteiger partial charge in [0.15, 0.2) is 0 Å². The number of nitrogens with zero attached hydrogens (tertiary/aromatic N) is 3. The molecule has 56 valence electrons. The summed E-state index contributed by atoms with van der Waals surface area (Å²) in [5.41, 5.74) is 3.36. The van der Waals surface area contributed by atoms with Crippen molar-refractivity contribution in [2.45, 2.75) is 0 Å². The van der Waals surface area contributed by atoms with Gasteiger partial charge in [-0.05, 0) is 12.1 Å². The molecule has 0 atom stereocenters. The van der Waals surface area contributed by atoms with Gasteiger partial charge in [-0.25, -0.2) is 0 Å². The van der Waals surface area contributed by atoms with Crippen LogP contribution in [0.4, 0.5) is 0 Å². The molecule has 0 aromatic carbocycles. The molecule has 0 spiro atoms. The van der Waals surface area contributed by atoms with E-state index in [1.165, 1.54) is 11.3 Å². The van der Waals surface area contributed by atoms with Crippen molar-refractivity contribution in [1.29, 1.82) is 0 Å². The average molecular weight is 165 g/mol. The predicted molar refractivity (Wildman–Crippen MR) is 44.1 cm³/mol. The molecule has 0 aliphatic carbocycles. The van der Waals surface area contributed by atoms with E-state index in [1.54, 1.807) is 23.4 Å². The molecular weight excluding hydrogens is 158 g/mol. The molecule has 2 aromatic rings. The molecular formula is C7H7N3S. The number of rotatable bonds is 0. The summed E-state index contributed by atoms with van der Waals surface area (Å²) in [6.07, 6.45) is 3.50. The number of aromatic nitrogens is 3. The fourth-order valence-electron chi connectivity index (χ4n) is 0.449. The third-order valence-electron chi connectivity index (χ3n) is 0.849. The van der Waals surface area contributed by atoms with Gasteiger partial charge in [0.25, 0.3) is 0 Å². The highest BCUT2D eigenvalue weighted by Gasteiger charge is 1.60. The standard InChI is InChI=1S/C5H5N.C2H2N2S/c1-2-4-6-5-3-1;1-3-4-2-5-1/h1-5H;1-2H. The van der Waals surface area contributed by atoms with E-state index in [4.69, 9.17) is 0 Å². The molecule has 0 fully saturated rings. The maximum Gasteiger partial charge on any atom is 0.103 e. The Bertz CT molecular complexity index is 200. The van der Waals surface area contributed by atoms with Crippen LogP contribution in [0.2, 0.25) is 0 Å². The van der Waals surface area contributed by atoms with Gasteiger partial charge in [0.05, 0.1) is 0 Å². The highest BCUT2D eigenvalue weighted by atomic mass is 32.1. The molecule has 0 aliphatic rings. The maximum absolute atomic E-state index is 3.78. The summed E-state index contributed by atoms with van der Waals surface area (Å²) in [5.74, 6) is 0. The number of pyridine rings is 1. The Morgan fingerprint density at radius 2 is 1.45 bits per heavy atom. The fourth-order valence-corrected chi connectivity index (χ4v) is 0.721. The van der Waals surface area contributed by atoms with Crippen LogP contribution in [0.5, 0.6) is 0 Å². The smallest absolute Gasteiger partial charge is 0.103 e. The van der Waals surface area contributed by atoms with E-state index < -0.39 is 0 Å². The Labute approximate surface area is 68.8 Å². The van der Waals surface area contributed by atoms with Gasteiger partial charge in [0.2, 0.25) is 0 Å². The number of hydrogen-bond acceptors (Lipinski definition) is 4. The van der Waals surface area contributed by atoms with E-state index in [-0.39, 0.29) is 0 Å². The lowest BCUT2D eigenvalue weighted by Gasteiger charge is -1.70. The van der Waals surface area contributed by atoms with Crippen LogP contribution in [-0.2, 0) is 0 Å². The molecule has 0 bridgehead atoms. The summed E-state index contributed by atoms with van der Waals surface area (Å²) >= 11 is 1.49. The van der Waals surface area contributed by atoms with Crippen molar-refractivity contribution in [3.05, 3.63) is 41.6 Å². The van der Waals surface area contributed by atoms with Crippen LogP contribution in [0.1, 0.15) is 0 Å². The molecule has 2 rings (SSSR count). The van der Waals surface area contributed by atoms with Gasteiger partial charge in [-0.3, -0.25) is 4.98 Å². The Morgan fingerprint density at radius 3 is 1.64 bits per heavy atom. The SMILES string of the molecule is c1ccncc1.c1nncs1. The molecule has 0 aliphatic heterocycles. The summed E-state index contributed by atoms with van der Waals surface area (Å²) in [6.45, 7) is 0. The second-order valence-corrected chi connectivity index (χ2v) is 2.30. The van der Waals surface area contributed by atoms with Crippen LogP contribution >= 0.6 is 11.3 Å². The van der Waals surface area contributed by atoms with Crippen LogP contribution in [0, 0.1) is 0 Å². The monoisotopic (exact) mass is 165 g/mol. The largest absolute Gasteiger partial charge is 0.265 e. The average Bonchev–Trinajstić information content (AvgIpc) is 2.64. The molecule has 0 radical (unpaired) electrons. The van der Waals surface area contributed by atoms with Crippen molar-refractivity contribution in [3.63, 3.8) is 0 Å². The first kappa shape index (κ1) is 7.81. The third-order valence-corrected chi connectivity index (χ3v) is 1.28. The van der Waals surface area contributed by atoms with E-state index in [2.05, 4.69) is 15.2 Å². The van der Waals surface area contributed by atoms with Crippen LogP contribution in [-0.4, -0.2) is 15.2 Å². The van der Waals surface area contributed by atoms with E-state index >= 15 is 0 Å². The molecule has 0 amide bonds. The molecule has 0 N–H and O–H groups in total. The first-order valence-corrected chi connectivity index (χ1v) is 3.98. The summed E-state index contributed by atoms with van der Waals surface area (Å²) in [5, 5.41) is 6.98. The minimum absolute atomic E-state index is 1.49. The van der Waals surface area contributed by atoms with Gasteiger partial charge >= 0.3 is 0 Å². The Kier molecular flexibility index (Phi) is 3.90. The highest BCUT2D eigenvalue weighted by molar-refractivity contribution is 7.07. The first-order chi connectivity index (χ1) is 5.50. The first-order valence-electron chi connectivity index (χ1n) is 3.04. The normalized spacial score (nSPS) is 8.00. The third kappa shape index (κ3) is 4.16. The summed E-state index contributed by atoms with van der Waals surface area (Å²) in [6, 6.07) is 5.72. The molecule has 4 heteroatoms. The minimum Gasteiger partial charge on any atom is -0.265 e. The van der Waals surface area contributed by atoms with Crippen LogP contribution in [0.15, 0.2) is 41.6 Å². The Hall–Kier alpha value is -1.29. The molecule has 3 nitrogen and oxygen atoms in total. The Morgan fingerprint density at radius 1 is 0.818 bits per heavy atom. The van der Waals surface area contributed by atoms with Gasteiger partial charge in [-0.15, -0.1) is 21.5 Å². The molecule has 2 heterocycles. The van der Waals surface area contributed by atoms with Crippen molar-refractivity contribution < 1.29 is 0 Å². The summed E-state index contributed by atoms with van der Waals surface area (Å²) < 4.78 is 0. The van der Waals surface area contributed by atoms with Crippen molar-refractivity contribution in [2.75, 3.05) is 0 Å². The zero-order chi connectivity index (χ0) is 7.78. The van der Waals surface area contributed by atoms with E-state index in [1.807, 2.05) is 18.2 Å². The van der Waals surface area contributed by atoms with Crippen molar-refractivity contribution in [1.82, 2.24) is 15.2 Å². The molecule has 2 aromatic heterocycles. The van der Waals surface area contributed by atoms with E-state index in [0.29, 0.717) is 0 Å². The van der Waals surface area contributed by atoms with Gasteiger partial charge < -0.3 is 0 Å². The van der Waals surface area contributed by atoms with E-state index in [9.17, 15) is 0 Å². The predicted octanol–water partition coefficient (Wildman–Crippen LogP) is 1.62. The number of hydrogen-bond donors (Lipinski definition) is 0. The van der Waals surface area contributed by atoms with Gasteiger partial charge in [-0.2, -0.15) is 0 Å². The molecule has 0 saturated heterocycles. The van der Waals surface area contributed by atoms with Crippen molar-refractivity contribution in [2.24, 2.45) is 0 Å². The topological polar surface area (TPSA) is 38.7 Å². The lowest BCUT2D eigenvalue weighted by atomic mass is 10.5. The summed E-state index contributed by atoms with van der Waals surface area (Å²) in [7, 11) is 0. The van der Waals surface area contributed by atoms with Crippen LogP contribution < -0.4 is 0 Å². The van der Waals surface area contributed by atoms with Crippen molar-refractivity contribution in [3.8, 4) is 0 Å².